The van der Waals surface area contributed by atoms with Crippen LogP contribution in [0.15, 0.2) is 76.1 Å². The monoisotopic (exact) mass is 517 g/mol. The van der Waals surface area contributed by atoms with E-state index in [4.69, 9.17) is 17.0 Å². The molecule has 0 spiro atoms. The van der Waals surface area contributed by atoms with Crippen molar-refractivity contribution in [3.63, 3.8) is 0 Å². The second-order valence-electron chi connectivity index (χ2n) is 6.57. The van der Waals surface area contributed by atoms with Crippen LogP contribution in [0.1, 0.15) is 11.1 Å². The molecule has 0 aromatic heterocycles. The van der Waals surface area contributed by atoms with Crippen LogP contribution in [0.4, 0.5) is 14.5 Å². The molecule has 1 saturated heterocycles. The molecule has 3 aromatic carbocycles. The van der Waals surface area contributed by atoms with Crippen molar-refractivity contribution in [2.45, 2.75) is 6.61 Å². The van der Waals surface area contributed by atoms with Crippen molar-refractivity contribution in [3.8, 4) is 5.75 Å². The zero-order valence-electron chi connectivity index (χ0n) is 15.8. The van der Waals surface area contributed by atoms with Crippen molar-refractivity contribution in [1.29, 1.82) is 0 Å². The normalized spacial score (nSPS) is 15.1. The number of carbonyl (C=O) groups is 1. The highest BCUT2D eigenvalue weighted by atomic mass is 79.9. The third kappa shape index (κ3) is 4.87. The van der Waals surface area contributed by atoms with Gasteiger partial charge in [0.2, 0.25) is 0 Å². The molecular formula is C23H14BrF2NO2S2. The number of thiocarbonyl (C=S) groups is 1. The highest BCUT2D eigenvalue weighted by Gasteiger charge is 2.34. The number of ether oxygens (including phenoxy) is 1. The Morgan fingerprint density at radius 3 is 2.52 bits per heavy atom. The van der Waals surface area contributed by atoms with Gasteiger partial charge in [-0.2, -0.15) is 0 Å². The van der Waals surface area contributed by atoms with E-state index in [-0.39, 0.29) is 21.7 Å². The number of amides is 1. The van der Waals surface area contributed by atoms with Crippen LogP contribution in [-0.2, 0) is 11.4 Å². The van der Waals surface area contributed by atoms with Crippen molar-refractivity contribution in [2.24, 2.45) is 0 Å². The first-order valence-electron chi connectivity index (χ1n) is 9.11. The zero-order chi connectivity index (χ0) is 22.0. The number of hydrogen-bond acceptors (Lipinski definition) is 4. The molecular weight excluding hydrogens is 504 g/mol. The first-order chi connectivity index (χ1) is 14.9. The van der Waals surface area contributed by atoms with Crippen LogP contribution in [0.2, 0.25) is 0 Å². The number of thioether (sulfide) groups is 1. The van der Waals surface area contributed by atoms with Crippen molar-refractivity contribution in [3.05, 3.63) is 98.9 Å². The maximum atomic E-state index is 14.1. The first kappa shape index (κ1) is 21.7. The minimum absolute atomic E-state index is 0.138. The lowest BCUT2D eigenvalue weighted by atomic mass is 10.2. The highest BCUT2D eigenvalue weighted by Crippen LogP contribution is 2.37. The Kier molecular flexibility index (Phi) is 6.50. The molecule has 1 amide bonds. The summed E-state index contributed by atoms with van der Waals surface area (Å²) in [5, 5.41) is 0. The predicted octanol–water partition coefficient (Wildman–Crippen LogP) is 6.71. The lowest BCUT2D eigenvalue weighted by Crippen LogP contribution is -2.28. The smallest absolute Gasteiger partial charge is 0.270 e. The average molecular weight is 518 g/mol. The van der Waals surface area contributed by atoms with Crippen LogP contribution in [0.25, 0.3) is 6.08 Å². The van der Waals surface area contributed by atoms with Crippen LogP contribution < -0.4 is 9.64 Å². The average Bonchev–Trinajstić information content (AvgIpc) is 3.02. The summed E-state index contributed by atoms with van der Waals surface area (Å²) in [5.41, 5.74) is 1.74. The summed E-state index contributed by atoms with van der Waals surface area (Å²) in [6, 6.07) is 17.5. The number of anilines is 1. The Balaban J connectivity index is 1.50. The second-order valence-corrected chi connectivity index (χ2v) is 9.10. The lowest BCUT2D eigenvalue weighted by molar-refractivity contribution is -0.113. The van der Waals surface area contributed by atoms with Crippen molar-refractivity contribution >= 4 is 61.9 Å². The van der Waals surface area contributed by atoms with E-state index in [9.17, 15) is 13.6 Å². The van der Waals surface area contributed by atoms with Gasteiger partial charge in [0.1, 0.15) is 24.0 Å². The molecule has 0 saturated carbocycles. The number of hydrogen-bond donors (Lipinski definition) is 0. The van der Waals surface area contributed by atoms with Gasteiger partial charge in [-0.25, -0.2) is 8.78 Å². The summed E-state index contributed by atoms with van der Waals surface area (Å²) in [6.45, 7) is 0.291. The van der Waals surface area contributed by atoms with Gasteiger partial charge < -0.3 is 4.74 Å². The van der Waals surface area contributed by atoms with Crippen molar-refractivity contribution < 1.29 is 18.3 Å². The van der Waals surface area contributed by atoms with Crippen molar-refractivity contribution in [2.75, 3.05) is 4.90 Å². The van der Waals surface area contributed by atoms with Gasteiger partial charge in [0.05, 0.1) is 15.1 Å². The second kappa shape index (κ2) is 9.30. The number of carbonyl (C=O) groups excluding carboxylic acids is 1. The molecule has 3 aromatic rings. The van der Waals surface area contributed by atoms with Crippen LogP contribution in [0.5, 0.6) is 5.75 Å². The van der Waals surface area contributed by atoms with Crippen LogP contribution in [0, 0.1) is 11.6 Å². The standard InChI is InChI=1S/C23H14BrF2NO2S2/c24-17-11-15(7-10-20(17)29-13-14-5-8-16(25)9-6-14)12-21-22(28)27(23(30)31-21)19-4-2-1-3-18(19)26/h1-12H,13H2/b21-12+. The number of halogens is 3. The van der Waals surface area contributed by atoms with Gasteiger partial charge >= 0.3 is 0 Å². The van der Waals surface area contributed by atoms with Gasteiger partial charge in [-0.15, -0.1) is 0 Å². The van der Waals surface area contributed by atoms with Crippen molar-refractivity contribution in [1.82, 2.24) is 0 Å². The molecule has 1 aliphatic heterocycles. The Morgan fingerprint density at radius 2 is 1.81 bits per heavy atom. The molecule has 3 nitrogen and oxygen atoms in total. The Hall–Kier alpha value is -2.55. The van der Waals surface area contributed by atoms with E-state index in [1.54, 1.807) is 42.5 Å². The number of rotatable bonds is 5. The van der Waals surface area contributed by atoms with E-state index in [0.29, 0.717) is 21.7 Å². The van der Waals surface area contributed by atoms with Gasteiger partial charge in [-0.3, -0.25) is 9.69 Å². The molecule has 0 aliphatic carbocycles. The maximum Gasteiger partial charge on any atom is 0.270 e. The fraction of sp³-hybridized carbons (Fsp3) is 0.0435. The molecule has 1 aliphatic rings. The molecule has 1 heterocycles. The van der Waals surface area contributed by atoms with E-state index in [2.05, 4.69) is 15.9 Å². The molecule has 0 bridgehead atoms. The summed E-state index contributed by atoms with van der Waals surface area (Å²) >= 11 is 9.89. The molecule has 0 radical (unpaired) electrons. The highest BCUT2D eigenvalue weighted by molar-refractivity contribution is 9.10. The quantitative estimate of drug-likeness (QED) is 0.277. The fourth-order valence-electron chi connectivity index (χ4n) is 2.93. The molecule has 1 fully saturated rings. The van der Waals surface area contributed by atoms with E-state index in [1.165, 1.54) is 29.2 Å². The molecule has 8 heteroatoms. The van der Waals surface area contributed by atoms with E-state index in [1.807, 2.05) is 6.07 Å². The third-order valence-corrected chi connectivity index (χ3v) is 6.37. The van der Waals surface area contributed by atoms with Crippen LogP contribution >= 0.6 is 39.9 Å². The van der Waals surface area contributed by atoms with Gasteiger partial charge in [-0.05, 0) is 69.5 Å². The predicted molar refractivity (Wildman–Crippen MR) is 127 cm³/mol. The van der Waals surface area contributed by atoms with Crippen LogP contribution in [-0.4, -0.2) is 10.2 Å². The molecule has 0 unspecified atom stereocenters. The fourth-order valence-corrected chi connectivity index (χ4v) is 4.72. The molecule has 0 atom stereocenters. The summed E-state index contributed by atoms with van der Waals surface area (Å²) in [7, 11) is 0. The molecule has 31 heavy (non-hydrogen) atoms. The van der Waals surface area contributed by atoms with Gasteiger partial charge in [0.25, 0.3) is 5.91 Å². The van der Waals surface area contributed by atoms with E-state index < -0.39 is 5.82 Å². The summed E-state index contributed by atoms with van der Waals surface area (Å²) in [5.74, 6) is -0.562. The molecule has 4 rings (SSSR count). The summed E-state index contributed by atoms with van der Waals surface area (Å²) < 4.78 is 33.9. The van der Waals surface area contributed by atoms with Gasteiger partial charge in [-0.1, -0.05) is 54.3 Å². The minimum Gasteiger partial charge on any atom is -0.488 e. The lowest BCUT2D eigenvalue weighted by Gasteiger charge is -2.14. The first-order valence-corrected chi connectivity index (χ1v) is 11.1. The number of para-hydroxylation sites is 1. The maximum absolute atomic E-state index is 14.1. The molecule has 0 N–H and O–H groups in total. The largest absolute Gasteiger partial charge is 0.488 e. The van der Waals surface area contributed by atoms with E-state index in [0.717, 1.165) is 22.9 Å². The minimum atomic E-state index is -0.509. The topological polar surface area (TPSA) is 29.5 Å². The summed E-state index contributed by atoms with van der Waals surface area (Å²) in [4.78, 5) is 14.4. The SMILES string of the molecule is O=C1/C(=C\c2ccc(OCc3ccc(F)cc3)c(Br)c2)SC(=S)N1c1ccccc1F. The number of benzene rings is 3. The van der Waals surface area contributed by atoms with Gasteiger partial charge in [0, 0.05) is 0 Å². The van der Waals surface area contributed by atoms with E-state index >= 15 is 0 Å². The Labute approximate surface area is 195 Å². The Morgan fingerprint density at radius 1 is 1.06 bits per heavy atom. The zero-order valence-corrected chi connectivity index (χ0v) is 19.1. The van der Waals surface area contributed by atoms with Crippen LogP contribution in [0.3, 0.4) is 0 Å². The number of nitrogens with zero attached hydrogens (tertiary/aromatic N) is 1. The third-order valence-electron chi connectivity index (χ3n) is 4.45. The molecule has 156 valence electrons. The van der Waals surface area contributed by atoms with Gasteiger partial charge in [0.15, 0.2) is 4.32 Å². The Bertz CT molecular complexity index is 1200. The summed E-state index contributed by atoms with van der Waals surface area (Å²) in [6.07, 6.45) is 1.70.